The largest absolute Gasteiger partial charge is 0.345 e. The highest BCUT2D eigenvalue weighted by molar-refractivity contribution is 5.97. The number of aromatic nitrogens is 2. The van der Waals surface area contributed by atoms with Crippen molar-refractivity contribution in [3.8, 4) is 0 Å². The minimum Gasteiger partial charge on any atom is -0.345 e. The molecule has 1 atom stereocenters. The lowest BCUT2D eigenvalue weighted by Gasteiger charge is -2.29. The van der Waals surface area contributed by atoms with E-state index in [2.05, 4.69) is 10.3 Å². The Morgan fingerprint density at radius 2 is 2.08 bits per heavy atom. The molecule has 25 heavy (non-hydrogen) atoms. The van der Waals surface area contributed by atoms with E-state index in [0.29, 0.717) is 35.6 Å². The average Bonchev–Trinajstić information content (AvgIpc) is 3.41. The summed E-state index contributed by atoms with van der Waals surface area (Å²) in [5.41, 5.74) is 5.64. The number of hydrogen-bond acceptors (Lipinski definition) is 4. The van der Waals surface area contributed by atoms with Crippen LogP contribution in [0.1, 0.15) is 37.0 Å². The van der Waals surface area contributed by atoms with Crippen molar-refractivity contribution in [2.24, 2.45) is 11.7 Å². The Labute approximate surface area is 151 Å². The fraction of sp³-hybridized carbons (Fsp3) is 0.471. The van der Waals surface area contributed by atoms with Crippen molar-refractivity contribution >= 4 is 29.3 Å². The van der Waals surface area contributed by atoms with Crippen LogP contribution in [0.2, 0.25) is 0 Å². The normalized spacial score (nSPS) is 16.1. The molecule has 3 rings (SSSR count). The third-order valence-electron chi connectivity index (χ3n) is 4.85. The highest BCUT2D eigenvalue weighted by atomic mass is 35.5. The van der Waals surface area contributed by atoms with Gasteiger partial charge in [0.05, 0.1) is 16.6 Å². The van der Waals surface area contributed by atoms with Crippen molar-refractivity contribution in [3.05, 3.63) is 44.5 Å². The minimum absolute atomic E-state index is 0. The van der Waals surface area contributed by atoms with Crippen LogP contribution >= 0.6 is 12.4 Å². The van der Waals surface area contributed by atoms with Gasteiger partial charge in [-0.3, -0.25) is 14.4 Å². The van der Waals surface area contributed by atoms with Crippen LogP contribution in [0.25, 0.3) is 11.0 Å². The smallest absolute Gasteiger partial charge is 0.316 e. The first-order valence-electron chi connectivity index (χ1n) is 8.19. The van der Waals surface area contributed by atoms with Crippen LogP contribution < -0.4 is 22.2 Å². The molecular weight excluding hydrogens is 344 g/mol. The van der Waals surface area contributed by atoms with Crippen molar-refractivity contribution in [2.75, 3.05) is 6.54 Å². The molecule has 4 N–H and O–H groups in total. The molecule has 1 aromatic heterocycles. The molecular formula is C17H23ClN4O3. The highest BCUT2D eigenvalue weighted by Crippen LogP contribution is 2.39. The van der Waals surface area contributed by atoms with Crippen LogP contribution in [0.3, 0.4) is 0 Å². The molecule has 0 saturated heterocycles. The van der Waals surface area contributed by atoms with Gasteiger partial charge >= 0.3 is 11.1 Å². The number of halogens is 1. The first-order valence-corrected chi connectivity index (χ1v) is 8.19. The maximum absolute atomic E-state index is 12.6. The Hall–Kier alpha value is -2.12. The van der Waals surface area contributed by atoms with E-state index in [1.165, 1.54) is 4.57 Å². The number of nitrogens with one attached hydrogen (secondary N) is 2. The molecule has 1 unspecified atom stereocenters. The second kappa shape index (κ2) is 7.01. The Morgan fingerprint density at radius 3 is 2.64 bits per heavy atom. The molecule has 1 aliphatic rings. The molecule has 1 aromatic carbocycles. The van der Waals surface area contributed by atoms with Crippen LogP contribution in [-0.4, -0.2) is 27.5 Å². The van der Waals surface area contributed by atoms with Gasteiger partial charge in [-0.2, -0.15) is 0 Å². The van der Waals surface area contributed by atoms with E-state index in [1.54, 1.807) is 25.1 Å². The van der Waals surface area contributed by atoms with Crippen molar-refractivity contribution in [1.29, 1.82) is 0 Å². The standard InChI is InChI=1S/C17H22N4O3.ClH/c1-3-21-13-7-4-10(8-12(13)19-15(23)16(21)24)14(22)20-17(2,9-18)11-5-6-11;/h4,7-8,11H,3,5-6,9,18H2,1-2H3,(H,19,23)(H,20,22);1H. The first kappa shape index (κ1) is 19.2. The highest BCUT2D eigenvalue weighted by Gasteiger charge is 2.41. The maximum Gasteiger partial charge on any atom is 0.316 e. The molecule has 0 spiro atoms. The number of aromatic amines is 1. The topological polar surface area (TPSA) is 110 Å². The summed E-state index contributed by atoms with van der Waals surface area (Å²) in [4.78, 5) is 38.7. The van der Waals surface area contributed by atoms with Crippen LogP contribution in [0.4, 0.5) is 0 Å². The zero-order chi connectivity index (χ0) is 17.5. The van der Waals surface area contributed by atoms with E-state index in [0.717, 1.165) is 12.8 Å². The third kappa shape index (κ3) is 3.48. The summed E-state index contributed by atoms with van der Waals surface area (Å²) in [6, 6.07) is 4.94. The monoisotopic (exact) mass is 366 g/mol. The van der Waals surface area contributed by atoms with E-state index < -0.39 is 16.7 Å². The van der Waals surface area contributed by atoms with Gasteiger partial charge in [-0.05, 0) is 50.8 Å². The number of rotatable bonds is 5. The van der Waals surface area contributed by atoms with Gasteiger partial charge in [-0.25, -0.2) is 0 Å². The quantitative estimate of drug-likeness (QED) is 0.685. The lowest BCUT2D eigenvalue weighted by Crippen LogP contribution is -2.53. The van der Waals surface area contributed by atoms with Crippen molar-refractivity contribution in [1.82, 2.24) is 14.9 Å². The number of nitrogens with zero attached hydrogens (tertiary/aromatic N) is 1. The second-order valence-electron chi connectivity index (χ2n) is 6.59. The number of nitrogens with two attached hydrogens (primary N) is 1. The minimum atomic E-state index is -0.688. The maximum atomic E-state index is 12.6. The zero-order valence-corrected chi connectivity index (χ0v) is 15.1. The van der Waals surface area contributed by atoms with Crippen LogP contribution in [0.15, 0.2) is 27.8 Å². The molecule has 1 saturated carbocycles. The van der Waals surface area contributed by atoms with Gasteiger partial charge in [0.2, 0.25) is 0 Å². The Balaban J connectivity index is 0.00000225. The van der Waals surface area contributed by atoms with Crippen molar-refractivity contribution in [3.63, 3.8) is 0 Å². The summed E-state index contributed by atoms with van der Waals surface area (Å²) in [6.45, 7) is 4.52. The Bertz CT molecular complexity index is 916. The molecule has 136 valence electrons. The van der Waals surface area contributed by atoms with Gasteiger partial charge in [-0.1, -0.05) is 0 Å². The van der Waals surface area contributed by atoms with Crippen LogP contribution in [-0.2, 0) is 6.54 Å². The number of H-pyrrole nitrogens is 1. The van der Waals surface area contributed by atoms with E-state index >= 15 is 0 Å². The first-order chi connectivity index (χ1) is 11.4. The summed E-state index contributed by atoms with van der Waals surface area (Å²) in [7, 11) is 0. The number of fused-ring (bicyclic) bond motifs is 1. The second-order valence-corrected chi connectivity index (χ2v) is 6.59. The summed E-state index contributed by atoms with van der Waals surface area (Å²) in [5.74, 6) is 0.184. The molecule has 8 heteroatoms. The summed E-state index contributed by atoms with van der Waals surface area (Å²) in [6.07, 6.45) is 2.14. The number of aryl methyl sites for hydroxylation is 1. The Morgan fingerprint density at radius 1 is 1.40 bits per heavy atom. The van der Waals surface area contributed by atoms with Crippen LogP contribution in [0.5, 0.6) is 0 Å². The SMILES string of the molecule is CCn1c(=O)c(=O)[nH]c2cc(C(=O)NC(C)(CN)C3CC3)ccc21.Cl. The van der Waals surface area contributed by atoms with Crippen LogP contribution in [0, 0.1) is 5.92 Å². The lowest BCUT2D eigenvalue weighted by atomic mass is 9.95. The van der Waals surface area contributed by atoms with Gasteiger partial charge in [-0.15, -0.1) is 12.4 Å². The van der Waals surface area contributed by atoms with Gasteiger partial charge < -0.3 is 20.6 Å². The summed E-state index contributed by atoms with van der Waals surface area (Å²) >= 11 is 0. The molecule has 1 heterocycles. The van der Waals surface area contributed by atoms with Gasteiger partial charge in [0.15, 0.2) is 0 Å². The zero-order valence-electron chi connectivity index (χ0n) is 14.3. The molecule has 2 aromatic rings. The van der Waals surface area contributed by atoms with E-state index in [4.69, 9.17) is 5.73 Å². The summed E-state index contributed by atoms with van der Waals surface area (Å²) < 4.78 is 1.39. The van der Waals surface area contributed by atoms with E-state index in [-0.39, 0.29) is 18.3 Å². The van der Waals surface area contributed by atoms with Crippen molar-refractivity contribution in [2.45, 2.75) is 38.8 Å². The number of carbonyl (C=O) groups is 1. The van der Waals surface area contributed by atoms with E-state index in [1.807, 2.05) is 6.92 Å². The number of hydrogen-bond donors (Lipinski definition) is 3. The van der Waals surface area contributed by atoms with Gasteiger partial charge in [0, 0.05) is 18.7 Å². The number of amides is 1. The fourth-order valence-electron chi connectivity index (χ4n) is 3.11. The molecule has 1 aliphatic carbocycles. The Kier molecular flexibility index (Phi) is 5.39. The predicted octanol–water partition coefficient (Wildman–Crippen LogP) is 0.989. The molecule has 0 aliphatic heterocycles. The fourth-order valence-corrected chi connectivity index (χ4v) is 3.11. The molecule has 1 amide bonds. The average molecular weight is 367 g/mol. The number of carbonyl (C=O) groups excluding carboxylic acids is 1. The molecule has 0 bridgehead atoms. The molecule has 1 fully saturated rings. The van der Waals surface area contributed by atoms with Crippen molar-refractivity contribution < 1.29 is 4.79 Å². The third-order valence-corrected chi connectivity index (χ3v) is 4.85. The molecule has 0 radical (unpaired) electrons. The molecule has 7 nitrogen and oxygen atoms in total. The number of benzene rings is 1. The lowest BCUT2D eigenvalue weighted by molar-refractivity contribution is 0.0898. The van der Waals surface area contributed by atoms with E-state index in [9.17, 15) is 14.4 Å². The summed E-state index contributed by atoms with van der Waals surface area (Å²) in [5, 5.41) is 3.02. The predicted molar refractivity (Wildman–Crippen MR) is 99.4 cm³/mol. The van der Waals surface area contributed by atoms with Gasteiger partial charge in [0.1, 0.15) is 0 Å². The van der Waals surface area contributed by atoms with Gasteiger partial charge in [0.25, 0.3) is 5.91 Å².